The van der Waals surface area contributed by atoms with Crippen LogP contribution in [0.1, 0.15) is 37.6 Å². The lowest BCUT2D eigenvalue weighted by atomic mass is 10.1. The fraction of sp³-hybridized carbons (Fsp3) is 0.526. The van der Waals surface area contributed by atoms with Gasteiger partial charge in [-0.05, 0) is 57.0 Å². The van der Waals surface area contributed by atoms with Gasteiger partial charge in [0.1, 0.15) is 5.76 Å². The average molecular weight is 349 g/mol. The lowest BCUT2D eigenvalue weighted by Crippen LogP contribution is -2.39. The predicted molar refractivity (Wildman–Crippen MR) is 96.2 cm³/mol. The first kappa shape index (κ1) is 17.5. The topological polar surface area (TPSA) is 38.5 Å². The Morgan fingerprint density at radius 1 is 1.33 bits per heavy atom. The first-order valence-electron chi connectivity index (χ1n) is 8.72. The van der Waals surface area contributed by atoms with E-state index < -0.39 is 0 Å². The number of hydrogen-bond acceptors (Lipinski definition) is 4. The lowest BCUT2D eigenvalue weighted by Gasteiger charge is -2.32. The number of aryl methyl sites for hydroxylation is 1. The minimum Gasteiger partial charge on any atom is -0.441 e. The molecule has 1 fully saturated rings. The highest BCUT2D eigenvalue weighted by Crippen LogP contribution is 2.25. The van der Waals surface area contributed by atoms with Gasteiger partial charge in [0.25, 0.3) is 0 Å². The Morgan fingerprint density at radius 3 is 2.88 bits per heavy atom. The van der Waals surface area contributed by atoms with Gasteiger partial charge in [-0.15, -0.1) is 0 Å². The first-order chi connectivity index (χ1) is 11.7. The van der Waals surface area contributed by atoms with Crippen LogP contribution in [-0.2, 0) is 11.3 Å². The van der Waals surface area contributed by atoms with E-state index in [1.807, 2.05) is 31.2 Å². The van der Waals surface area contributed by atoms with Gasteiger partial charge in [0.2, 0.25) is 5.89 Å². The molecule has 0 amide bonds. The second kappa shape index (κ2) is 8.15. The quantitative estimate of drug-likeness (QED) is 0.758. The predicted octanol–water partition coefficient (Wildman–Crippen LogP) is 4.69. The van der Waals surface area contributed by atoms with E-state index in [0.29, 0.717) is 17.0 Å². The zero-order valence-electron chi connectivity index (χ0n) is 14.4. The smallest absolute Gasteiger partial charge is 0.226 e. The van der Waals surface area contributed by atoms with E-state index in [4.69, 9.17) is 25.7 Å². The van der Waals surface area contributed by atoms with Gasteiger partial charge in [-0.25, -0.2) is 4.98 Å². The van der Waals surface area contributed by atoms with Gasteiger partial charge in [-0.3, -0.25) is 4.90 Å². The van der Waals surface area contributed by atoms with Crippen molar-refractivity contribution in [1.82, 2.24) is 9.88 Å². The molecule has 1 aliphatic heterocycles. The molecule has 0 N–H and O–H groups in total. The van der Waals surface area contributed by atoms with Gasteiger partial charge in [0, 0.05) is 30.3 Å². The Labute approximate surface area is 148 Å². The number of nitrogens with zero attached hydrogens (tertiary/aromatic N) is 2. The number of benzene rings is 1. The maximum Gasteiger partial charge on any atom is 0.226 e. The molecule has 0 radical (unpaired) electrons. The van der Waals surface area contributed by atoms with Crippen LogP contribution in [0.3, 0.4) is 0 Å². The van der Waals surface area contributed by atoms with Gasteiger partial charge in [0.15, 0.2) is 0 Å². The van der Waals surface area contributed by atoms with Crippen molar-refractivity contribution in [3.63, 3.8) is 0 Å². The minimum atomic E-state index is 0.349. The van der Waals surface area contributed by atoms with Gasteiger partial charge in [-0.2, -0.15) is 0 Å². The zero-order valence-corrected chi connectivity index (χ0v) is 15.2. The van der Waals surface area contributed by atoms with E-state index in [9.17, 15) is 0 Å². The van der Waals surface area contributed by atoms with Crippen LogP contribution in [0.5, 0.6) is 0 Å². The SMILES string of the molecule is CCCOC1CCCN(Cc2nc(-c3ccc(Cl)cc3)oc2C)C1. The number of likely N-dealkylation sites (tertiary alicyclic amines) is 1. The molecule has 2 aromatic rings. The molecular weight excluding hydrogens is 324 g/mol. The Bertz CT molecular complexity index is 654. The number of ether oxygens (including phenoxy) is 1. The second-order valence-corrected chi connectivity index (χ2v) is 6.84. The molecule has 1 unspecified atom stereocenters. The number of rotatable bonds is 6. The van der Waals surface area contributed by atoms with E-state index in [-0.39, 0.29) is 0 Å². The van der Waals surface area contributed by atoms with E-state index >= 15 is 0 Å². The molecule has 1 saturated heterocycles. The molecule has 130 valence electrons. The number of hydrogen-bond donors (Lipinski definition) is 0. The van der Waals surface area contributed by atoms with E-state index in [1.165, 1.54) is 6.42 Å². The van der Waals surface area contributed by atoms with Crippen molar-refractivity contribution in [2.75, 3.05) is 19.7 Å². The molecule has 5 heteroatoms. The maximum absolute atomic E-state index is 5.94. The van der Waals surface area contributed by atoms with Crippen LogP contribution in [-0.4, -0.2) is 35.7 Å². The van der Waals surface area contributed by atoms with Gasteiger partial charge >= 0.3 is 0 Å². The summed E-state index contributed by atoms with van der Waals surface area (Å²) in [6.45, 7) is 7.86. The third-order valence-electron chi connectivity index (χ3n) is 4.38. The molecule has 1 atom stereocenters. The molecule has 0 aliphatic carbocycles. The summed E-state index contributed by atoms with van der Waals surface area (Å²) in [5.74, 6) is 1.55. The summed E-state index contributed by atoms with van der Waals surface area (Å²) in [5.41, 5.74) is 1.97. The second-order valence-electron chi connectivity index (χ2n) is 6.40. The van der Waals surface area contributed by atoms with Crippen molar-refractivity contribution in [1.29, 1.82) is 0 Å². The number of oxazole rings is 1. The van der Waals surface area contributed by atoms with E-state index in [2.05, 4.69) is 11.8 Å². The zero-order chi connectivity index (χ0) is 16.9. The molecule has 3 rings (SSSR count). The summed E-state index contributed by atoms with van der Waals surface area (Å²) in [4.78, 5) is 7.12. The molecule has 24 heavy (non-hydrogen) atoms. The van der Waals surface area contributed by atoms with Crippen LogP contribution >= 0.6 is 11.6 Å². The Hall–Kier alpha value is -1.36. The van der Waals surface area contributed by atoms with Crippen LogP contribution < -0.4 is 0 Å². The van der Waals surface area contributed by atoms with Crippen molar-refractivity contribution in [2.24, 2.45) is 0 Å². The fourth-order valence-electron chi connectivity index (χ4n) is 3.08. The minimum absolute atomic E-state index is 0.349. The third kappa shape index (κ3) is 4.38. The third-order valence-corrected chi connectivity index (χ3v) is 4.63. The maximum atomic E-state index is 5.94. The van der Waals surface area contributed by atoms with Crippen LogP contribution in [0.25, 0.3) is 11.5 Å². The lowest BCUT2D eigenvalue weighted by molar-refractivity contribution is -0.00259. The molecule has 0 saturated carbocycles. The van der Waals surface area contributed by atoms with Crippen LogP contribution in [0, 0.1) is 6.92 Å². The highest BCUT2D eigenvalue weighted by molar-refractivity contribution is 6.30. The molecule has 0 spiro atoms. The van der Waals surface area contributed by atoms with Crippen molar-refractivity contribution >= 4 is 11.6 Å². The summed E-state index contributed by atoms with van der Waals surface area (Å²) in [5, 5.41) is 0.716. The standard InChI is InChI=1S/C19H25ClN2O2/c1-3-11-23-17-5-4-10-22(12-17)13-18-14(2)24-19(21-18)15-6-8-16(20)9-7-15/h6-9,17H,3-5,10-13H2,1-2H3. The van der Waals surface area contributed by atoms with E-state index in [1.54, 1.807) is 0 Å². The Kier molecular flexibility index (Phi) is 5.93. The number of piperidine rings is 1. The van der Waals surface area contributed by atoms with Crippen LogP contribution in [0.4, 0.5) is 0 Å². The monoisotopic (exact) mass is 348 g/mol. The van der Waals surface area contributed by atoms with Crippen molar-refractivity contribution in [3.05, 3.63) is 40.7 Å². The highest BCUT2D eigenvalue weighted by atomic mass is 35.5. The summed E-state index contributed by atoms with van der Waals surface area (Å²) in [7, 11) is 0. The molecule has 1 aliphatic rings. The van der Waals surface area contributed by atoms with Crippen molar-refractivity contribution < 1.29 is 9.15 Å². The Balaban J connectivity index is 1.66. The molecule has 4 nitrogen and oxygen atoms in total. The molecular formula is C19H25ClN2O2. The molecule has 2 heterocycles. The van der Waals surface area contributed by atoms with Gasteiger partial charge in [0.05, 0.1) is 11.8 Å². The summed E-state index contributed by atoms with van der Waals surface area (Å²) in [6, 6.07) is 7.59. The van der Waals surface area contributed by atoms with Crippen molar-refractivity contribution in [3.8, 4) is 11.5 Å². The van der Waals surface area contributed by atoms with Crippen LogP contribution in [0.2, 0.25) is 5.02 Å². The summed E-state index contributed by atoms with van der Waals surface area (Å²) >= 11 is 5.94. The average Bonchev–Trinajstić information content (AvgIpc) is 2.95. The fourth-order valence-corrected chi connectivity index (χ4v) is 3.21. The van der Waals surface area contributed by atoms with E-state index in [0.717, 1.165) is 56.1 Å². The molecule has 1 aromatic carbocycles. The van der Waals surface area contributed by atoms with Crippen molar-refractivity contribution in [2.45, 2.75) is 45.8 Å². The molecule has 1 aromatic heterocycles. The summed E-state index contributed by atoms with van der Waals surface area (Å²) in [6.07, 6.45) is 3.75. The largest absolute Gasteiger partial charge is 0.441 e. The van der Waals surface area contributed by atoms with Gasteiger partial charge in [-0.1, -0.05) is 18.5 Å². The van der Waals surface area contributed by atoms with Gasteiger partial charge < -0.3 is 9.15 Å². The highest BCUT2D eigenvalue weighted by Gasteiger charge is 2.22. The first-order valence-corrected chi connectivity index (χ1v) is 9.09. The normalized spacial score (nSPS) is 18.9. The number of halogens is 1. The Morgan fingerprint density at radius 2 is 2.12 bits per heavy atom. The number of aromatic nitrogens is 1. The summed E-state index contributed by atoms with van der Waals surface area (Å²) < 4.78 is 11.8. The van der Waals surface area contributed by atoms with Crippen LogP contribution in [0.15, 0.2) is 28.7 Å². The molecule has 0 bridgehead atoms.